The number of pyridine rings is 2. The zero-order valence-electron chi connectivity index (χ0n) is 16.2. The van der Waals surface area contributed by atoms with Gasteiger partial charge in [-0.05, 0) is 19.1 Å². The molecular weight excluding hydrogens is 388 g/mol. The van der Waals surface area contributed by atoms with Crippen LogP contribution in [0.4, 0.5) is 11.4 Å². The third-order valence-corrected chi connectivity index (χ3v) is 4.90. The van der Waals surface area contributed by atoms with Crippen LogP contribution in [0.3, 0.4) is 0 Å². The molecule has 1 aliphatic rings. The second-order valence-corrected chi connectivity index (χ2v) is 6.92. The summed E-state index contributed by atoms with van der Waals surface area (Å²) in [5.41, 5.74) is 12.3. The minimum atomic E-state index is -1.62. The number of fused-ring (bicyclic) bond motifs is 1. The topological polar surface area (TPSA) is 163 Å². The summed E-state index contributed by atoms with van der Waals surface area (Å²) in [5, 5.41) is 12.5. The minimum absolute atomic E-state index is 0.0118. The molecule has 0 aliphatic carbocycles. The lowest BCUT2D eigenvalue weighted by Gasteiger charge is -2.21. The number of hydrogen-bond donors (Lipinski definition) is 3. The molecule has 154 valence electrons. The van der Waals surface area contributed by atoms with Gasteiger partial charge in [0.15, 0.2) is 5.65 Å². The number of carbonyl (C=O) groups is 2. The first-order valence-electron chi connectivity index (χ1n) is 9.28. The van der Waals surface area contributed by atoms with Crippen LogP contribution in [0.5, 0.6) is 0 Å². The largest absolute Gasteiger partial charge is 0.378 e. The Bertz CT molecular complexity index is 1160. The number of hydrogen-bond acceptors (Lipinski definition) is 8. The molecule has 3 aromatic heterocycles. The van der Waals surface area contributed by atoms with Crippen LogP contribution in [-0.4, -0.2) is 42.9 Å². The number of nitrogens with two attached hydrogens (primary N) is 2. The van der Waals surface area contributed by atoms with Gasteiger partial charge in [-0.15, -0.1) is 0 Å². The van der Waals surface area contributed by atoms with Crippen LogP contribution in [0.2, 0.25) is 0 Å². The average Bonchev–Trinajstić information content (AvgIpc) is 3.33. The Labute approximate surface area is 171 Å². The van der Waals surface area contributed by atoms with E-state index in [2.05, 4.69) is 25.5 Å². The van der Waals surface area contributed by atoms with Gasteiger partial charge in [0, 0.05) is 30.9 Å². The molecule has 11 heteroatoms. The van der Waals surface area contributed by atoms with Crippen LogP contribution in [-0.2, 0) is 21.0 Å². The highest BCUT2D eigenvalue weighted by Crippen LogP contribution is 2.35. The molecule has 0 radical (unpaired) electrons. The van der Waals surface area contributed by atoms with Gasteiger partial charge in [0.2, 0.25) is 11.5 Å². The van der Waals surface area contributed by atoms with Crippen molar-refractivity contribution in [2.75, 3.05) is 5.32 Å². The van der Waals surface area contributed by atoms with E-state index in [9.17, 15) is 9.59 Å². The lowest BCUT2D eigenvalue weighted by Crippen LogP contribution is -2.47. The summed E-state index contributed by atoms with van der Waals surface area (Å²) in [4.78, 5) is 37.5. The molecule has 0 bridgehead atoms. The normalized spacial score (nSPS) is 18.1. The van der Waals surface area contributed by atoms with Crippen molar-refractivity contribution in [2.45, 2.75) is 31.9 Å². The van der Waals surface area contributed by atoms with E-state index in [1.807, 2.05) is 13.0 Å². The molecule has 4 rings (SSSR count). The number of nitrogens with zero attached hydrogens (tertiary/aromatic N) is 5. The van der Waals surface area contributed by atoms with Gasteiger partial charge in [-0.3, -0.25) is 14.6 Å². The number of amides is 2. The molecule has 5 N–H and O–H groups in total. The summed E-state index contributed by atoms with van der Waals surface area (Å²) in [6, 6.07) is 3.66. The fraction of sp³-hybridized carbons (Fsp3) is 0.263. The van der Waals surface area contributed by atoms with Crippen LogP contribution < -0.4 is 16.8 Å². The van der Waals surface area contributed by atoms with Gasteiger partial charge in [0.1, 0.15) is 0 Å². The number of aryl methyl sites for hydroxylation is 1. The van der Waals surface area contributed by atoms with Gasteiger partial charge >= 0.3 is 0 Å². The third-order valence-electron chi connectivity index (χ3n) is 4.90. The van der Waals surface area contributed by atoms with E-state index in [4.69, 9.17) is 16.3 Å². The molecule has 0 spiro atoms. The van der Waals surface area contributed by atoms with Gasteiger partial charge in [-0.2, -0.15) is 5.10 Å². The van der Waals surface area contributed by atoms with Crippen LogP contribution in [0.25, 0.3) is 11.0 Å². The molecular formula is C19H20N8O3. The van der Waals surface area contributed by atoms with E-state index in [0.717, 1.165) is 11.1 Å². The smallest absolute Gasteiger partial charge is 0.265 e. The van der Waals surface area contributed by atoms with E-state index >= 15 is 0 Å². The highest BCUT2D eigenvalue weighted by atomic mass is 16.7. The van der Waals surface area contributed by atoms with Crippen LogP contribution in [0.1, 0.15) is 25.3 Å². The molecule has 2 amide bonds. The zero-order valence-corrected chi connectivity index (χ0v) is 16.2. The van der Waals surface area contributed by atoms with Crippen LogP contribution in [0, 0.1) is 0 Å². The first kappa shape index (κ1) is 19.3. The third kappa shape index (κ3) is 3.30. The molecule has 0 fully saturated rings. The highest BCUT2D eigenvalue weighted by Gasteiger charge is 2.47. The van der Waals surface area contributed by atoms with Crippen molar-refractivity contribution in [3.05, 3.63) is 42.5 Å². The Hall–Kier alpha value is -4.02. The van der Waals surface area contributed by atoms with E-state index < -0.39 is 17.4 Å². The zero-order chi connectivity index (χ0) is 21.3. The van der Waals surface area contributed by atoms with E-state index in [1.165, 1.54) is 0 Å². The second-order valence-electron chi connectivity index (χ2n) is 6.92. The number of primary amides is 2. The first-order valence-corrected chi connectivity index (χ1v) is 9.28. The lowest BCUT2D eigenvalue weighted by molar-refractivity contribution is -0.145. The summed E-state index contributed by atoms with van der Waals surface area (Å²) in [7, 11) is 0. The van der Waals surface area contributed by atoms with Gasteiger partial charge in [0.05, 0.1) is 41.3 Å². The molecule has 1 atom stereocenters. The Morgan fingerprint density at radius 3 is 2.80 bits per heavy atom. The lowest BCUT2D eigenvalue weighted by atomic mass is 9.90. The van der Waals surface area contributed by atoms with E-state index in [-0.39, 0.29) is 12.8 Å². The van der Waals surface area contributed by atoms with Crippen molar-refractivity contribution in [3.8, 4) is 0 Å². The SMILES string of the molecule is CCn1ncc2c(Nc3cccnc3)c(C3=NOC(CC(N)=O)(C(N)=O)C3)cnc21. The van der Waals surface area contributed by atoms with Crippen molar-refractivity contribution < 1.29 is 14.4 Å². The Balaban J connectivity index is 1.80. The molecule has 0 aromatic carbocycles. The second kappa shape index (κ2) is 7.43. The summed E-state index contributed by atoms with van der Waals surface area (Å²) in [6.07, 6.45) is 6.29. The maximum absolute atomic E-state index is 12.0. The van der Waals surface area contributed by atoms with Gasteiger partial charge in [0.25, 0.3) is 5.91 Å². The van der Waals surface area contributed by atoms with Gasteiger partial charge < -0.3 is 21.6 Å². The van der Waals surface area contributed by atoms with Gasteiger partial charge in [-0.1, -0.05) is 5.16 Å². The van der Waals surface area contributed by atoms with Gasteiger partial charge in [-0.25, -0.2) is 9.67 Å². The molecule has 11 nitrogen and oxygen atoms in total. The predicted molar refractivity (Wildman–Crippen MR) is 109 cm³/mol. The number of aromatic nitrogens is 4. The Morgan fingerprint density at radius 1 is 1.30 bits per heavy atom. The number of anilines is 2. The maximum atomic E-state index is 12.0. The van der Waals surface area contributed by atoms with Crippen molar-refractivity contribution in [1.29, 1.82) is 0 Å². The molecule has 1 unspecified atom stereocenters. The molecule has 30 heavy (non-hydrogen) atoms. The van der Waals surface area contributed by atoms with E-state index in [1.54, 1.807) is 35.5 Å². The molecule has 0 saturated carbocycles. The summed E-state index contributed by atoms with van der Waals surface area (Å²) in [6.45, 7) is 2.62. The van der Waals surface area contributed by atoms with Crippen molar-refractivity contribution in [3.63, 3.8) is 0 Å². The Kier molecular flexibility index (Phi) is 4.78. The summed E-state index contributed by atoms with van der Waals surface area (Å²) in [5.74, 6) is -1.52. The van der Waals surface area contributed by atoms with E-state index in [0.29, 0.717) is 29.2 Å². The highest BCUT2D eigenvalue weighted by molar-refractivity contribution is 6.13. The summed E-state index contributed by atoms with van der Waals surface area (Å²) >= 11 is 0. The molecule has 0 saturated heterocycles. The predicted octanol–water partition coefficient (Wildman–Crippen LogP) is 0.814. The Morgan fingerprint density at radius 2 is 2.13 bits per heavy atom. The number of oxime groups is 1. The van der Waals surface area contributed by atoms with Crippen LogP contribution >= 0.6 is 0 Å². The minimum Gasteiger partial charge on any atom is -0.378 e. The van der Waals surface area contributed by atoms with Crippen molar-refractivity contribution in [1.82, 2.24) is 19.7 Å². The standard InChI is InChI=1S/C19H20N8O3/c1-2-27-17-13(10-24-27)16(25-11-4-3-5-22-8-11)12(9-23-17)14-6-19(18(21)29,30-26-14)7-15(20)28/h3-5,8-10H,2,6-7H2,1H3,(H2,20,28)(H2,21,29)(H,23,25). The fourth-order valence-corrected chi connectivity index (χ4v) is 3.41. The maximum Gasteiger partial charge on any atom is 0.265 e. The van der Waals surface area contributed by atoms with Crippen molar-refractivity contribution in [2.24, 2.45) is 16.6 Å². The number of nitrogens with one attached hydrogen (secondary N) is 1. The average molecular weight is 408 g/mol. The quantitative estimate of drug-likeness (QED) is 0.521. The van der Waals surface area contributed by atoms with Crippen LogP contribution in [0.15, 0.2) is 42.1 Å². The fourth-order valence-electron chi connectivity index (χ4n) is 3.41. The number of rotatable bonds is 7. The monoisotopic (exact) mass is 408 g/mol. The van der Waals surface area contributed by atoms with Crippen molar-refractivity contribution >= 4 is 39.9 Å². The first-order chi connectivity index (χ1) is 14.4. The molecule has 3 aromatic rings. The number of carbonyl (C=O) groups excluding carboxylic acids is 2. The summed E-state index contributed by atoms with van der Waals surface area (Å²) < 4.78 is 1.77. The molecule has 1 aliphatic heterocycles. The molecule has 4 heterocycles.